The van der Waals surface area contributed by atoms with Gasteiger partial charge in [-0.25, -0.2) is 8.42 Å². The highest BCUT2D eigenvalue weighted by atomic mass is 32.2. The molecule has 0 aliphatic heterocycles. The number of rotatable bonds is 7. The first-order valence-electron chi connectivity index (χ1n) is 8.79. The lowest BCUT2D eigenvalue weighted by Gasteiger charge is -2.13. The van der Waals surface area contributed by atoms with Gasteiger partial charge in [-0.1, -0.05) is 25.1 Å². The van der Waals surface area contributed by atoms with Crippen molar-refractivity contribution >= 4 is 27.3 Å². The van der Waals surface area contributed by atoms with E-state index in [1.165, 1.54) is 24.8 Å². The number of benzene rings is 2. The van der Waals surface area contributed by atoms with Crippen LogP contribution in [-0.2, 0) is 16.4 Å². The van der Waals surface area contributed by atoms with Crippen LogP contribution in [0.2, 0.25) is 0 Å². The van der Waals surface area contributed by atoms with Crippen molar-refractivity contribution in [1.29, 1.82) is 0 Å². The minimum Gasteiger partial charge on any atom is -0.497 e. The molecule has 2 aromatic carbocycles. The summed E-state index contributed by atoms with van der Waals surface area (Å²) < 4.78 is 32.4. The predicted molar refractivity (Wildman–Crippen MR) is 110 cm³/mol. The number of aryl methyl sites for hydroxylation is 2. The predicted octanol–water partition coefficient (Wildman–Crippen LogP) is 3.90. The highest BCUT2D eigenvalue weighted by molar-refractivity contribution is 7.92. The van der Waals surface area contributed by atoms with Crippen molar-refractivity contribution in [3.05, 3.63) is 65.7 Å². The third-order valence-electron chi connectivity index (χ3n) is 4.27. The maximum Gasteiger partial charge on any atom is 0.263 e. The second-order valence-electron chi connectivity index (χ2n) is 6.17. The van der Waals surface area contributed by atoms with Gasteiger partial charge in [0.1, 0.15) is 5.75 Å². The maximum absolute atomic E-state index is 12.5. The van der Waals surface area contributed by atoms with E-state index in [0.29, 0.717) is 11.6 Å². The van der Waals surface area contributed by atoms with Gasteiger partial charge in [0, 0.05) is 5.69 Å². The summed E-state index contributed by atoms with van der Waals surface area (Å²) in [6.45, 7) is 4.11. The van der Waals surface area contributed by atoms with E-state index < -0.39 is 10.0 Å². The zero-order chi connectivity index (χ0) is 20.1. The summed E-state index contributed by atoms with van der Waals surface area (Å²) in [5.41, 5.74) is 3.27. The number of para-hydroxylation sites is 1. The van der Waals surface area contributed by atoms with Gasteiger partial charge in [-0.05, 0) is 60.9 Å². The Morgan fingerprint density at radius 2 is 1.64 bits per heavy atom. The zero-order valence-corrected chi connectivity index (χ0v) is 16.7. The van der Waals surface area contributed by atoms with Crippen molar-refractivity contribution in [2.45, 2.75) is 25.2 Å². The van der Waals surface area contributed by atoms with Crippen LogP contribution in [0.1, 0.15) is 18.1 Å². The molecule has 0 amide bonds. The number of anilines is 3. The molecule has 7 nitrogen and oxygen atoms in total. The van der Waals surface area contributed by atoms with Crippen molar-refractivity contribution in [3.63, 3.8) is 0 Å². The van der Waals surface area contributed by atoms with E-state index in [2.05, 4.69) is 33.2 Å². The average molecular weight is 398 g/mol. The van der Waals surface area contributed by atoms with Crippen LogP contribution in [0, 0.1) is 6.92 Å². The molecular formula is C20H22N4O3S. The molecule has 28 heavy (non-hydrogen) atoms. The molecule has 8 heteroatoms. The number of nitrogens with one attached hydrogen (secondary N) is 2. The average Bonchev–Trinajstić information content (AvgIpc) is 2.70. The van der Waals surface area contributed by atoms with Crippen LogP contribution in [0.3, 0.4) is 0 Å². The van der Waals surface area contributed by atoms with Crippen LogP contribution in [0.4, 0.5) is 17.3 Å². The van der Waals surface area contributed by atoms with E-state index in [9.17, 15) is 8.42 Å². The van der Waals surface area contributed by atoms with E-state index in [0.717, 1.165) is 17.7 Å². The summed E-state index contributed by atoms with van der Waals surface area (Å²) >= 11 is 0. The molecule has 0 spiro atoms. The number of sulfonamides is 1. The van der Waals surface area contributed by atoms with Gasteiger partial charge in [0.05, 0.1) is 12.0 Å². The molecule has 146 valence electrons. The summed E-state index contributed by atoms with van der Waals surface area (Å²) in [4.78, 5) is 0.116. The monoisotopic (exact) mass is 398 g/mol. The Labute approximate surface area is 164 Å². The molecular weight excluding hydrogens is 376 g/mol. The minimum atomic E-state index is -3.76. The second kappa shape index (κ2) is 8.26. The Balaban J connectivity index is 1.76. The van der Waals surface area contributed by atoms with Crippen LogP contribution in [0.25, 0.3) is 0 Å². The second-order valence-corrected chi connectivity index (χ2v) is 7.85. The molecule has 2 N–H and O–H groups in total. The van der Waals surface area contributed by atoms with Crippen molar-refractivity contribution in [3.8, 4) is 5.75 Å². The van der Waals surface area contributed by atoms with Crippen LogP contribution in [0.15, 0.2) is 59.5 Å². The summed E-state index contributed by atoms with van der Waals surface area (Å²) in [6.07, 6.45) is 0.886. The Bertz CT molecular complexity index is 1050. The molecule has 0 aliphatic carbocycles. The summed E-state index contributed by atoms with van der Waals surface area (Å²) in [7, 11) is -2.23. The molecule has 1 heterocycles. The first kappa shape index (κ1) is 19.6. The lowest BCUT2D eigenvalue weighted by molar-refractivity contribution is 0.414. The van der Waals surface area contributed by atoms with E-state index in [1.54, 1.807) is 24.3 Å². The van der Waals surface area contributed by atoms with Crippen molar-refractivity contribution in [2.75, 3.05) is 17.1 Å². The molecule has 0 radical (unpaired) electrons. The highest BCUT2D eigenvalue weighted by Crippen LogP contribution is 2.25. The van der Waals surface area contributed by atoms with Crippen LogP contribution in [-0.4, -0.2) is 25.7 Å². The first-order valence-corrected chi connectivity index (χ1v) is 10.3. The molecule has 3 aromatic rings. The van der Waals surface area contributed by atoms with Gasteiger partial charge in [0.25, 0.3) is 10.0 Å². The first-order chi connectivity index (χ1) is 13.4. The third-order valence-corrected chi connectivity index (χ3v) is 5.64. The normalized spacial score (nSPS) is 11.1. The highest BCUT2D eigenvalue weighted by Gasteiger charge is 2.15. The van der Waals surface area contributed by atoms with Crippen LogP contribution >= 0.6 is 0 Å². The van der Waals surface area contributed by atoms with Crippen molar-refractivity contribution in [1.82, 2.24) is 10.2 Å². The summed E-state index contributed by atoms with van der Waals surface area (Å²) in [5.74, 6) is 1.26. The van der Waals surface area contributed by atoms with Crippen molar-refractivity contribution in [2.24, 2.45) is 0 Å². The van der Waals surface area contributed by atoms with Crippen LogP contribution in [0.5, 0.6) is 5.75 Å². The van der Waals surface area contributed by atoms with Crippen LogP contribution < -0.4 is 14.8 Å². The molecule has 0 saturated heterocycles. The Hall–Kier alpha value is -3.13. The lowest BCUT2D eigenvalue weighted by Crippen LogP contribution is -2.14. The fourth-order valence-electron chi connectivity index (χ4n) is 2.73. The van der Waals surface area contributed by atoms with Gasteiger partial charge in [0.2, 0.25) is 0 Å². The van der Waals surface area contributed by atoms with Gasteiger partial charge in [-0.15, -0.1) is 10.2 Å². The standard InChI is InChI=1S/C20H22N4O3S/c1-4-15-7-5-6-14(2)20(15)21-18-12-13-19(23-22-18)24-28(25,26)17-10-8-16(27-3)9-11-17/h5-13H,4H2,1-3H3,(H,21,22)(H,23,24). The molecule has 0 bridgehead atoms. The quantitative estimate of drug-likeness (QED) is 0.627. The number of methoxy groups -OCH3 is 1. The third kappa shape index (κ3) is 4.40. The molecule has 0 saturated carbocycles. The van der Waals surface area contributed by atoms with E-state index in [-0.39, 0.29) is 10.7 Å². The van der Waals surface area contributed by atoms with E-state index in [1.807, 2.05) is 19.1 Å². The summed E-state index contributed by atoms with van der Waals surface area (Å²) in [5, 5.41) is 11.3. The number of hydrogen-bond donors (Lipinski definition) is 2. The number of nitrogens with zero attached hydrogens (tertiary/aromatic N) is 2. The largest absolute Gasteiger partial charge is 0.497 e. The number of aromatic nitrogens is 2. The van der Waals surface area contributed by atoms with E-state index in [4.69, 9.17) is 4.74 Å². The Morgan fingerprint density at radius 1 is 0.964 bits per heavy atom. The SMILES string of the molecule is CCc1cccc(C)c1Nc1ccc(NS(=O)(=O)c2ccc(OC)cc2)nn1. The molecule has 0 unspecified atom stereocenters. The number of hydrogen-bond acceptors (Lipinski definition) is 6. The van der Waals surface area contributed by atoms with Gasteiger partial charge in [-0.3, -0.25) is 4.72 Å². The summed E-state index contributed by atoms with van der Waals surface area (Å²) in [6, 6.07) is 15.4. The zero-order valence-electron chi connectivity index (χ0n) is 15.9. The maximum atomic E-state index is 12.5. The Morgan fingerprint density at radius 3 is 2.25 bits per heavy atom. The van der Waals surface area contributed by atoms with Gasteiger partial charge < -0.3 is 10.1 Å². The smallest absolute Gasteiger partial charge is 0.263 e. The minimum absolute atomic E-state index is 0.116. The number of ether oxygens (including phenoxy) is 1. The van der Waals surface area contributed by atoms with E-state index >= 15 is 0 Å². The molecule has 1 aromatic heterocycles. The lowest BCUT2D eigenvalue weighted by atomic mass is 10.1. The van der Waals surface area contributed by atoms with Gasteiger partial charge in [0.15, 0.2) is 11.6 Å². The fourth-order valence-corrected chi connectivity index (χ4v) is 3.73. The molecule has 0 aliphatic rings. The fraction of sp³-hybridized carbons (Fsp3) is 0.200. The topological polar surface area (TPSA) is 93.2 Å². The molecule has 3 rings (SSSR count). The molecule has 0 fully saturated rings. The molecule has 0 atom stereocenters. The van der Waals surface area contributed by atoms with Crippen molar-refractivity contribution < 1.29 is 13.2 Å². The van der Waals surface area contributed by atoms with Gasteiger partial charge in [-0.2, -0.15) is 0 Å². The van der Waals surface area contributed by atoms with Gasteiger partial charge >= 0.3 is 0 Å². The Kier molecular flexibility index (Phi) is 5.79.